The number of benzene rings is 1. The van der Waals surface area contributed by atoms with Gasteiger partial charge in [0.05, 0.1) is 11.0 Å². The van der Waals surface area contributed by atoms with Gasteiger partial charge in [-0.25, -0.2) is 4.39 Å². The molecule has 1 atom stereocenters. The first-order valence-electron chi connectivity index (χ1n) is 4.29. The number of nitro benzene ring substituents is 1. The molecule has 0 aromatic heterocycles. The molecule has 6 heteroatoms. The number of halogens is 2. The van der Waals surface area contributed by atoms with E-state index in [1.54, 1.807) is 6.92 Å². The summed E-state index contributed by atoms with van der Waals surface area (Å²) >= 11 is 0. The van der Waals surface area contributed by atoms with Gasteiger partial charge in [0.1, 0.15) is 5.82 Å². The highest BCUT2D eigenvalue weighted by Crippen LogP contribution is 2.21. The fraction of sp³-hybridized carbons (Fsp3) is 0.333. The largest absolute Gasteiger partial charge is 0.328 e. The minimum atomic E-state index is -1.04. The molecule has 0 unspecified atom stereocenters. The molecule has 0 saturated carbocycles. The lowest BCUT2D eigenvalue weighted by Gasteiger charge is -2.06. The molecule has 2 N–H and O–H groups in total. The molecule has 0 bridgehead atoms. The van der Waals surface area contributed by atoms with Crippen LogP contribution in [0.2, 0.25) is 0 Å². The average Bonchev–Trinajstić information content (AvgIpc) is 2.09. The number of rotatable bonds is 3. The van der Waals surface area contributed by atoms with Gasteiger partial charge in [0.2, 0.25) is 5.82 Å². The monoisotopic (exact) mass is 216 g/mol. The van der Waals surface area contributed by atoms with Gasteiger partial charge in [-0.3, -0.25) is 10.1 Å². The summed E-state index contributed by atoms with van der Waals surface area (Å²) in [6, 6.07) is 1.06. The Labute approximate surface area is 84.9 Å². The number of nitro groups is 1. The molecule has 0 amide bonds. The maximum atomic E-state index is 13.2. The highest BCUT2D eigenvalue weighted by molar-refractivity contribution is 5.36. The summed E-state index contributed by atoms with van der Waals surface area (Å²) in [5, 5.41) is 10.3. The van der Waals surface area contributed by atoms with Crippen molar-refractivity contribution < 1.29 is 13.7 Å². The Kier molecular flexibility index (Phi) is 3.31. The minimum absolute atomic E-state index is 0.0492. The molecule has 82 valence electrons. The van der Waals surface area contributed by atoms with Crippen LogP contribution < -0.4 is 5.73 Å². The average molecular weight is 216 g/mol. The van der Waals surface area contributed by atoms with Gasteiger partial charge in [-0.1, -0.05) is 0 Å². The zero-order valence-corrected chi connectivity index (χ0v) is 8.04. The number of nitrogens with two attached hydrogens (primary N) is 1. The lowest BCUT2D eigenvalue weighted by Crippen LogP contribution is -2.18. The number of nitrogens with zero attached hydrogens (tertiary/aromatic N) is 1. The van der Waals surface area contributed by atoms with Crippen LogP contribution in [-0.2, 0) is 6.42 Å². The summed E-state index contributed by atoms with van der Waals surface area (Å²) < 4.78 is 26.3. The number of hydrogen-bond donors (Lipinski definition) is 1. The quantitative estimate of drug-likeness (QED) is 0.618. The standard InChI is InChI=1S/C9H10F2N2O2/c1-5(12)2-6-3-8(11)9(13(14)15)4-7(6)10/h3-5H,2,12H2,1H3/t5-/m0/s1. The molecule has 0 aliphatic carbocycles. The summed E-state index contributed by atoms with van der Waals surface area (Å²) in [4.78, 5) is 9.32. The van der Waals surface area contributed by atoms with Crippen LogP contribution in [-0.4, -0.2) is 11.0 Å². The van der Waals surface area contributed by atoms with Crippen molar-refractivity contribution in [3.63, 3.8) is 0 Å². The van der Waals surface area contributed by atoms with E-state index in [9.17, 15) is 18.9 Å². The highest BCUT2D eigenvalue weighted by Gasteiger charge is 2.18. The maximum absolute atomic E-state index is 13.2. The second-order valence-corrected chi connectivity index (χ2v) is 3.33. The van der Waals surface area contributed by atoms with Gasteiger partial charge in [-0.2, -0.15) is 4.39 Å². The zero-order valence-electron chi connectivity index (χ0n) is 8.04. The Morgan fingerprint density at radius 2 is 2.07 bits per heavy atom. The molecule has 1 aromatic rings. The Balaban J connectivity index is 3.13. The van der Waals surface area contributed by atoms with Gasteiger partial charge in [-0.15, -0.1) is 0 Å². The van der Waals surface area contributed by atoms with E-state index in [1.165, 1.54) is 0 Å². The van der Waals surface area contributed by atoms with Crippen molar-refractivity contribution in [3.8, 4) is 0 Å². The van der Waals surface area contributed by atoms with E-state index in [-0.39, 0.29) is 18.0 Å². The van der Waals surface area contributed by atoms with Crippen LogP contribution in [0.3, 0.4) is 0 Å². The van der Waals surface area contributed by atoms with Crippen molar-refractivity contribution in [1.82, 2.24) is 0 Å². The van der Waals surface area contributed by atoms with Crippen molar-refractivity contribution >= 4 is 5.69 Å². The molecule has 4 nitrogen and oxygen atoms in total. The molecular weight excluding hydrogens is 206 g/mol. The summed E-state index contributed by atoms with van der Waals surface area (Å²) in [7, 11) is 0. The minimum Gasteiger partial charge on any atom is -0.328 e. The van der Waals surface area contributed by atoms with Crippen LogP contribution >= 0.6 is 0 Å². The second-order valence-electron chi connectivity index (χ2n) is 3.33. The van der Waals surface area contributed by atoms with E-state index in [1.807, 2.05) is 0 Å². The summed E-state index contributed by atoms with van der Waals surface area (Å²) in [6.07, 6.45) is 0.140. The van der Waals surface area contributed by atoms with Gasteiger partial charge < -0.3 is 5.73 Å². The van der Waals surface area contributed by atoms with E-state index >= 15 is 0 Å². The summed E-state index contributed by atoms with van der Waals surface area (Å²) in [5.41, 5.74) is 4.61. The van der Waals surface area contributed by atoms with Gasteiger partial charge >= 0.3 is 5.69 Å². The first kappa shape index (κ1) is 11.5. The number of hydrogen-bond acceptors (Lipinski definition) is 3. The summed E-state index contributed by atoms with van der Waals surface area (Å²) in [5.74, 6) is -1.85. The van der Waals surface area contributed by atoms with E-state index in [4.69, 9.17) is 5.73 Å². The van der Waals surface area contributed by atoms with Crippen LogP contribution in [0.4, 0.5) is 14.5 Å². The molecule has 1 aromatic carbocycles. The second kappa shape index (κ2) is 4.31. The molecule has 0 heterocycles. The van der Waals surface area contributed by atoms with Crippen LogP contribution in [0.1, 0.15) is 12.5 Å². The molecule has 0 aliphatic heterocycles. The maximum Gasteiger partial charge on any atom is 0.307 e. The van der Waals surface area contributed by atoms with Crippen molar-refractivity contribution in [2.45, 2.75) is 19.4 Å². The molecular formula is C9H10F2N2O2. The third-order valence-corrected chi connectivity index (χ3v) is 1.85. The third kappa shape index (κ3) is 2.69. The molecule has 1 rings (SSSR count). The fourth-order valence-corrected chi connectivity index (χ4v) is 1.22. The zero-order chi connectivity index (χ0) is 11.6. The Hall–Kier alpha value is -1.56. The van der Waals surface area contributed by atoms with E-state index < -0.39 is 22.2 Å². The normalized spacial score (nSPS) is 12.5. The van der Waals surface area contributed by atoms with Gasteiger partial charge in [-0.05, 0) is 25.0 Å². The highest BCUT2D eigenvalue weighted by atomic mass is 19.1. The Bertz CT molecular complexity index is 394. The molecule has 0 radical (unpaired) electrons. The Morgan fingerprint density at radius 1 is 1.47 bits per heavy atom. The van der Waals surface area contributed by atoms with E-state index in [2.05, 4.69) is 0 Å². The third-order valence-electron chi connectivity index (χ3n) is 1.85. The lowest BCUT2D eigenvalue weighted by atomic mass is 10.1. The van der Waals surface area contributed by atoms with Crippen LogP contribution in [0, 0.1) is 21.7 Å². The molecule has 0 spiro atoms. The van der Waals surface area contributed by atoms with Gasteiger partial charge in [0, 0.05) is 6.04 Å². The van der Waals surface area contributed by atoms with E-state index in [0.29, 0.717) is 6.07 Å². The first-order valence-corrected chi connectivity index (χ1v) is 4.29. The van der Waals surface area contributed by atoms with Gasteiger partial charge in [0.25, 0.3) is 0 Å². The van der Waals surface area contributed by atoms with Crippen molar-refractivity contribution in [1.29, 1.82) is 0 Å². The molecule has 0 saturated heterocycles. The lowest BCUT2D eigenvalue weighted by molar-refractivity contribution is -0.387. The molecule has 15 heavy (non-hydrogen) atoms. The van der Waals surface area contributed by atoms with Gasteiger partial charge in [0.15, 0.2) is 0 Å². The fourth-order valence-electron chi connectivity index (χ4n) is 1.22. The predicted molar refractivity (Wildman–Crippen MR) is 50.4 cm³/mol. The topological polar surface area (TPSA) is 69.2 Å². The molecule has 0 aliphatic rings. The predicted octanol–water partition coefficient (Wildman–Crippen LogP) is 1.76. The SMILES string of the molecule is C[C@H](N)Cc1cc(F)c([N+](=O)[O-])cc1F. The molecule has 0 fully saturated rings. The smallest absolute Gasteiger partial charge is 0.307 e. The van der Waals surface area contributed by atoms with Crippen molar-refractivity contribution in [2.75, 3.05) is 0 Å². The van der Waals surface area contributed by atoms with E-state index in [0.717, 1.165) is 6.07 Å². The summed E-state index contributed by atoms with van der Waals surface area (Å²) in [6.45, 7) is 1.64. The van der Waals surface area contributed by atoms with Crippen LogP contribution in [0.5, 0.6) is 0 Å². The first-order chi connectivity index (χ1) is 6.91. The van der Waals surface area contributed by atoms with Crippen molar-refractivity contribution in [2.24, 2.45) is 5.73 Å². The Morgan fingerprint density at radius 3 is 2.53 bits per heavy atom. The van der Waals surface area contributed by atoms with Crippen LogP contribution in [0.15, 0.2) is 12.1 Å². The van der Waals surface area contributed by atoms with Crippen molar-refractivity contribution in [3.05, 3.63) is 39.4 Å². The van der Waals surface area contributed by atoms with Crippen LogP contribution in [0.25, 0.3) is 0 Å².